The summed E-state index contributed by atoms with van der Waals surface area (Å²) in [5.41, 5.74) is 1.82. The number of nitrogens with one attached hydrogen (secondary N) is 1. The molecule has 6 heteroatoms. The molecule has 0 aliphatic carbocycles. The van der Waals surface area contributed by atoms with Gasteiger partial charge in [0.2, 0.25) is 5.78 Å². The molecular formula is C21H14Cl2N2O2. The fraction of sp³-hybridized carbons (Fsp3) is 0.0476. The molecule has 0 radical (unpaired) electrons. The van der Waals surface area contributed by atoms with E-state index in [1.807, 2.05) is 6.07 Å². The number of rotatable bonds is 5. The highest BCUT2D eigenvalue weighted by molar-refractivity contribution is 6.30. The summed E-state index contributed by atoms with van der Waals surface area (Å²) in [4.78, 5) is 12.7. The molecule has 0 aliphatic rings. The zero-order chi connectivity index (χ0) is 19.4. The van der Waals surface area contributed by atoms with Crippen LogP contribution in [0.3, 0.4) is 0 Å². The molecule has 4 nitrogen and oxygen atoms in total. The number of allylic oxidation sites excluding steroid dienone is 1. The second-order valence-corrected chi connectivity index (χ2v) is 6.61. The lowest BCUT2D eigenvalue weighted by molar-refractivity contribution is 0.103. The summed E-state index contributed by atoms with van der Waals surface area (Å²) in [7, 11) is 0. The van der Waals surface area contributed by atoms with Gasteiger partial charge >= 0.3 is 0 Å². The Morgan fingerprint density at radius 1 is 1.07 bits per heavy atom. The number of ketones is 1. The molecule has 0 saturated carbocycles. The van der Waals surface area contributed by atoms with Gasteiger partial charge in [0.1, 0.15) is 23.2 Å². The maximum Gasteiger partial charge on any atom is 0.208 e. The quantitative estimate of drug-likeness (QED) is 0.313. The molecule has 1 aromatic heterocycles. The molecule has 0 spiro atoms. The van der Waals surface area contributed by atoms with Crippen LogP contribution in [0.25, 0.3) is 11.3 Å². The van der Waals surface area contributed by atoms with Crippen molar-refractivity contribution in [3.8, 4) is 17.4 Å². The molecule has 1 N–H and O–H groups in total. The fourth-order valence-electron chi connectivity index (χ4n) is 2.46. The number of benzene rings is 2. The number of nitrogens with zero attached hydrogens (tertiary/aromatic N) is 1. The minimum atomic E-state index is -0.416. The smallest absolute Gasteiger partial charge is 0.208 e. The topological polar surface area (TPSA) is 66.0 Å². The van der Waals surface area contributed by atoms with Crippen LogP contribution in [0.15, 0.2) is 70.8 Å². The van der Waals surface area contributed by atoms with Crippen molar-refractivity contribution in [1.29, 1.82) is 5.26 Å². The molecule has 134 valence electrons. The van der Waals surface area contributed by atoms with Gasteiger partial charge in [-0.05, 0) is 61.5 Å². The van der Waals surface area contributed by atoms with Crippen LogP contribution in [0.4, 0.5) is 5.69 Å². The zero-order valence-corrected chi connectivity index (χ0v) is 15.8. The Kier molecular flexibility index (Phi) is 5.66. The van der Waals surface area contributed by atoms with E-state index < -0.39 is 5.78 Å². The van der Waals surface area contributed by atoms with Crippen LogP contribution >= 0.6 is 23.2 Å². The summed E-state index contributed by atoms with van der Waals surface area (Å²) in [5, 5.41) is 13.5. The van der Waals surface area contributed by atoms with E-state index in [1.54, 1.807) is 61.5 Å². The fourth-order valence-corrected chi connectivity index (χ4v) is 2.71. The number of anilines is 1. The second kappa shape index (κ2) is 8.13. The summed E-state index contributed by atoms with van der Waals surface area (Å²) in [6, 6.07) is 17.6. The molecule has 0 fully saturated rings. The van der Waals surface area contributed by atoms with Gasteiger partial charge in [-0.1, -0.05) is 23.2 Å². The molecule has 0 amide bonds. The van der Waals surface area contributed by atoms with Crippen molar-refractivity contribution in [2.45, 2.75) is 6.92 Å². The van der Waals surface area contributed by atoms with E-state index in [9.17, 15) is 10.1 Å². The largest absolute Gasteiger partial charge is 0.461 e. The highest BCUT2D eigenvalue weighted by atomic mass is 35.5. The van der Waals surface area contributed by atoms with Crippen LogP contribution in [-0.4, -0.2) is 5.78 Å². The lowest BCUT2D eigenvalue weighted by atomic mass is 10.0. The first-order valence-corrected chi connectivity index (χ1v) is 8.77. The van der Waals surface area contributed by atoms with Crippen LogP contribution in [0, 0.1) is 18.3 Å². The number of hydrogen-bond acceptors (Lipinski definition) is 4. The SMILES string of the molecule is Cc1oc(-c2ccc(Cl)cc2)cc1C(=O)/C(C#N)=C/Nc1ccc(Cl)cc1. The van der Waals surface area contributed by atoms with Crippen molar-refractivity contribution in [3.63, 3.8) is 0 Å². The van der Waals surface area contributed by atoms with Gasteiger partial charge in [-0.2, -0.15) is 5.26 Å². The average molecular weight is 397 g/mol. The molecule has 3 rings (SSSR count). The van der Waals surface area contributed by atoms with Crippen molar-refractivity contribution in [2.24, 2.45) is 0 Å². The third kappa shape index (κ3) is 4.40. The van der Waals surface area contributed by atoms with E-state index in [4.69, 9.17) is 27.6 Å². The molecular weight excluding hydrogens is 383 g/mol. The summed E-state index contributed by atoms with van der Waals surface area (Å²) in [5.74, 6) is 0.563. The maximum atomic E-state index is 12.7. The molecule has 0 bridgehead atoms. The van der Waals surface area contributed by atoms with Crippen molar-refractivity contribution >= 4 is 34.7 Å². The highest BCUT2D eigenvalue weighted by Crippen LogP contribution is 2.28. The third-order valence-electron chi connectivity index (χ3n) is 3.88. The number of halogens is 2. The van der Waals surface area contributed by atoms with E-state index in [0.29, 0.717) is 32.8 Å². The van der Waals surface area contributed by atoms with Gasteiger partial charge in [-0.15, -0.1) is 0 Å². The van der Waals surface area contributed by atoms with E-state index in [0.717, 1.165) is 5.56 Å². The lowest BCUT2D eigenvalue weighted by Gasteiger charge is -2.02. The van der Waals surface area contributed by atoms with E-state index in [-0.39, 0.29) is 5.57 Å². The van der Waals surface area contributed by atoms with Gasteiger partial charge in [0.15, 0.2) is 0 Å². The molecule has 27 heavy (non-hydrogen) atoms. The van der Waals surface area contributed by atoms with E-state index in [2.05, 4.69) is 5.32 Å². The Labute approximate surface area is 166 Å². The molecule has 0 unspecified atom stereocenters. The van der Waals surface area contributed by atoms with Crippen molar-refractivity contribution in [2.75, 3.05) is 5.32 Å². The van der Waals surface area contributed by atoms with Crippen LogP contribution in [0.2, 0.25) is 10.0 Å². The van der Waals surface area contributed by atoms with Gasteiger partial charge < -0.3 is 9.73 Å². The molecule has 2 aromatic carbocycles. The highest BCUT2D eigenvalue weighted by Gasteiger charge is 2.19. The first-order valence-electron chi connectivity index (χ1n) is 8.01. The minimum absolute atomic E-state index is 0.0310. The van der Waals surface area contributed by atoms with Gasteiger partial charge in [0, 0.05) is 27.5 Å². The van der Waals surface area contributed by atoms with Crippen LogP contribution < -0.4 is 5.32 Å². The summed E-state index contributed by atoms with van der Waals surface area (Å²) < 4.78 is 5.70. The zero-order valence-electron chi connectivity index (χ0n) is 14.3. The van der Waals surface area contributed by atoms with Crippen LogP contribution in [-0.2, 0) is 0 Å². The summed E-state index contributed by atoms with van der Waals surface area (Å²) in [6.45, 7) is 1.69. The molecule has 0 saturated heterocycles. The monoisotopic (exact) mass is 396 g/mol. The number of nitriles is 1. The second-order valence-electron chi connectivity index (χ2n) is 5.74. The summed E-state index contributed by atoms with van der Waals surface area (Å²) >= 11 is 11.7. The Balaban J connectivity index is 1.85. The number of carbonyl (C=O) groups excluding carboxylic acids is 1. The Hall–Kier alpha value is -3.00. The maximum absolute atomic E-state index is 12.7. The first-order chi connectivity index (χ1) is 13.0. The summed E-state index contributed by atoms with van der Waals surface area (Å²) in [6.07, 6.45) is 1.37. The molecule has 0 aliphatic heterocycles. The number of hydrogen-bond donors (Lipinski definition) is 1. The van der Waals surface area contributed by atoms with E-state index in [1.165, 1.54) is 6.20 Å². The van der Waals surface area contributed by atoms with Gasteiger partial charge in [-0.3, -0.25) is 4.79 Å². The van der Waals surface area contributed by atoms with Crippen molar-refractivity contribution in [3.05, 3.63) is 87.7 Å². The third-order valence-corrected chi connectivity index (χ3v) is 4.39. The normalized spacial score (nSPS) is 11.1. The Morgan fingerprint density at radius 3 is 2.26 bits per heavy atom. The van der Waals surface area contributed by atoms with Crippen LogP contribution in [0.5, 0.6) is 0 Å². The number of furan rings is 1. The molecule has 3 aromatic rings. The molecule has 0 atom stereocenters. The number of aryl methyl sites for hydroxylation is 1. The van der Waals surface area contributed by atoms with E-state index >= 15 is 0 Å². The lowest BCUT2D eigenvalue weighted by Crippen LogP contribution is -2.04. The Bertz CT molecular complexity index is 1040. The standard InChI is InChI=1S/C21H14Cl2N2O2/c1-13-19(10-20(27-13)14-2-4-16(22)5-3-14)21(26)15(11-24)12-25-18-8-6-17(23)7-9-18/h2-10,12,25H,1H3/b15-12+. The van der Waals surface area contributed by atoms with Gasteiger partial charge in [0.05, 0.1) is 5.56 Å². The van der Waals surface area contributed by atoms with Gasteiger partial charge in [-0.25, -0.2) is 0 Å². The minimum Gasteiger partial charge on any atom is -0.461 e. The average Bonchev–Trinajstić information content (AvgIpc) is 3.05. The number of Topliss-reactive ketones (excluding diaryl/α,β-unsaturated/α-hetero) is 1. The predicted molar refractivity (Wildman–Crippen MR) is 107 cm³/mol. The van der Waals surface area contributed by atoms with Gasteiger partial charge in [0.25, 0.3) is 0 Å². The number of carbonyl (C=O) groups is 1. The first kappa shape index (κ1) is 18.8. The van der Waals surface area contributed by atoms with Crippen LogP contribution in [0.1, 0.15) is 16.1 Å². The Morgan fingerprint density at radius 2 is 1.67 bits per heavy atom. The molecule has 1 heterocycles. The van der Waals surface area contributed by atoms with Crippen molar-refractivity contribution < 1.29 is 9.21 Å². The predicted octanol–water partition coefficient (Wildman–Crippen LogP) is 6.26. The van der Waals surface area contributed by atoms with Crippen molar-refractivity contribution in [1.82, 2.24) is 0 Å².